The molecule has 1 aromatic rings. The van der Waals surface area contributed by atoms with Gasteiger partial charge in [-0.15, -0.1) is 0 Å². The Morgan fingerprint density at radius 3 is 2.73 bits per heavy atom. The molecular weight excluding hydrogens is 276 g/mol. The zero-order chi connectivity index (χ0) is 15.9. The first-order valence-corrected chi connectivity index (χ1v) is 8.37. The summed E-state index contributed by atoms with van der Waals surface area (Å²) in [5.74, 6) is 0.932. The molecule has 1 saturated heterocycles. The summed E-state index contributed by atoms with van der Waals surface area (Å²) in [6.45, 7) is 8.16. The van der Waals surface area contributed by atoms with Crippen LogP contribution in [0, 0.1) is 13.8 Å². The monoisotopic (exact) mass is 304 g/mol. The smallest absolute Gasteiger partial charge is 0.317 e. The number of hydrogen-bond acceptors (Lipinski definition) is 2. The maximum atomic E-state index is 12.3. The van der Waals surface area contributed by atoms with Gasteiger partial charge in [-0.1, -0.05) is 25.1 Å². The van der Waals surface area contributed by atoms with Crippen LogP contribution in [0.25, 0.3) is 0 Å². The van der Waals surface area contributed by atoms with Crippen molar-refractivity contribution in [1.82, 2.24) is 10.2 Å². The van der Waals surface area contributed by atoms with Gasteiger partial charge in [-0.3, -0.25) is 0 Å². The fraction of sp³-hybridized carbons (Fsp3) is 0.611. The standard InChI is InChI=1S/C18H28N2O2/c1-4-16-10-5-6-12-20(16)18(21)19-11-13-22-17-14(2)8-7-9-15(17)3/h7-9,16H,4-6,10-13H2,1-3H3,(H,19,21). The molecule has 0 radical (unpaired) electrons. The molecule has 0 aromatic heterocycles. The highest BCUT2D eigenvalue weighted by Crippen LogP contribution is 2.22. The van der Waals surface area contributed by atoms with Crippen LogP contribution in [-0.2, 0) is 0 Å². The fourth-order valence-electron chi connectivity index (χ4n) is 3.13. The van der Waals surface area contributed by atoms with E-state index in [2.05, 4.69) is 12.2 Å². The van der Waals surface area contributed by atoms with E-state index in [9.17, 15) is 4.79 Å². The highest BCUT2D eigenvalue weighted by molar-refractivity contribution is 5.74. The van der Waals surface area contributed by atoms with Crippen LogP contribution in [0.4, 0.5) is 4.79 Å². The van der Waals surface area contributed by atoms with Crippen molar-refractivity contribution < 1.29 is 9.53 Å². The van der Waals surface area contributed by atoms with Gasteiger partial charge in [0, 0.05) is 12.6 Å². The third-order valence-electron chi connectivity index (χ3n) is 4.39. The van der Waals surface area contributed by atoms with E-state index in [1.807, 2.05) is 36.9 Å². The number of amides is 2. The number of piperidine rings is 1. The number of nitrogens with one attached hydrogen (secondary N) is 1. The van der Waals surface area contributed by atoms with E-state index in [1.165, 1.54) is 6.42 Å². The third kappa shape index (κ3) is 4.15. The molecule has 0 spiro atoms. The van der Waals surface area contributed by atoms with Crippen LogP contribution >= 0.6 is 0 Å². The Kier molecular flexibility index (Phi) is 6.10. The average molecular weight is 304 g/mol. The molecule has 4 nitrogen and oxygen atoms in total. The second-order valence-corrected chi connectivity index (χ2v) is 6.05. The quantitative estimate of drug-likeness (QED) is 0.844. The Hall–Kier alpha value is -1.71. The minimum absolute atomic E-state index is 0.0525. The molecular formula is C18H28N2O2. The molecule has 0 aliphatic carbocycles. The molecule has 1 atom stereocenters. The summed E-state index contributed by atoms with van der Waals surface area (Å²) in [4.78, 5) is 14.3. The molecule has 1 aliphatic heterocycles. The lowest BCUT2D eigenvalue weighted by molar-refractivity contribution is 0.147. The average Bonchev–Trinajstić information content (AvgIpc) is 2.53. The molecule has 0 bridgehead atoms. The van der Waals surface area contributed by atoms with Gasteiger partial charge >= 0.3 is 6.03 Å². The lowest BCUT2D eigenvalue weighted by Crippen LogP contribution is -2.49. The number of aryl methyl sites for hydroxylation is 2. The second-order valence-electron chi connectivity index (χ2n) is 6.05. The molecule has 22 heavy (non-hydrogen) atoms. The van der Waals surface area contributed by atoms with Crippen LogP contribution in [-0.4, -0.2) is 36.7 Å². The number of benzene rings is 1. The van der Waals surface area contributed by atoms with E-state index in [-0.39, 0.29) is 6.03 Å². The Balaban J connectivity index is 1.77. The van der Waals surface area contributed by atoms with Crippen LogP contribution in [0.5, 0.6) is 5.75 Å². The van der Waals surface area contributed by atoms with Crippen LogP contribution < -0.4 is 10.1 Å². The van der Waals surface area contributed by atoms with E-state index >= 15 is 0 Å². The number of likely N-dealkylation sites (tertiary alicyclic amines) is 1. The van der Waals surface area contributed by atoms with E-state index in [4.69, 9.17) is 4.74 Å². The Morgan fingerprint density at radius 1 is 1.32 bits per heavy atom. The summed E-state index contributed by atoms with van der Waals surface area (Å²) < 4.78 is 5.83. The van der Waals surface area contributed by atoms with Gasteiger partial charge in [-0.05, 0) is 50.7 Å². The largest absolute Gasteiger partial charge is 0.491 e. The molecule has 0 saturated carbocycles. The van der Waals surface area contributed by atoms with Crippen molar-refractivity contribution in [3.8, 4) is 5.75 Å². The summed E-state index contributed by atoms with van der Waals surface area (Å²) in [5, 5.41) is 2.99. The molecule has 1 aromatic carbocycles. The summed E-state index contributed by atoms with van der Waals surface area (Å²) in [6, 6.07) is 6.56. The van der Waals surface area contributed by atoms with Crippen molar-refractivity contribution in [3.63, 3.8) is 0 Å². The highest BCUT2D eigenvalue weighted by atomic mass is 16.5. The van der Waals surface area contributed by atoms with Gasteiger partial charge in [0.1, 0.15) is 12.4 Å². The molecule has 1 aliphatic rings. The maximum Gasteiger partial charge on any atom is 0.317 e. The topological polar surface area (TPSA) is 41.6 Å². The number of para-hydroxylation sites is 1. The van der Waals surface area contributed by atoms with Gasteiger partial charge < -0.3 is 15.0 Å². The number of urea groups is 1. The minimum atomic E-state index is 0.0525. The molecule has 2 amide bonds. The molecule has 4 heteroatoms. The minimum Gasteiger partial charge on any atom is -0.491 e. The Labute approximate surface area is 133 Å². The summed E-state index contributed by atoms with van der Waals surface area (Å²) in [6.07, 6.45) is 4.51. The molecule has 1 heterocycles. The lowest BCUT2D eigenvalue weighted by Gasteiger charge is -2.35. The first-order chi connectivity index (χ1) is 10.6. The summed E-state index contributed by atoms with van der Waals surface area (Å²) >= 11 is 0. The number of carbonyl (C=O) groups is 1. The van der Waals surface area contributed by atoms with Gasteiger partial charge in [0.05, 0.1) is 6.54 Å². The zero-order valence-corrected chi connectivity index (χ0v) is 14.0. The Bertz CT molecular complexity index is 482. The van der Waals surface area contributed by atoms with Crippen molar-refractivity contribution >= 4 is 6.03 Å². The number of hydrogen-bond donors (Lipinski definition) is 1. The molecule has 2 rings (SSSR count). The van der Waals surface area contributed by atoms with Crippen molar-refractivity contribution in [2.45, 2.75) is 52.5 Å². The number of ether oxygens (including phenoxy) is 1. The first-order valence-electron chi connectivity index (χ1n) is 8.37. The number of nitrogens with zero attached hydrogens (tertiary/aromatic N) is 1. The van der Waals surface area contributed by atoms with Gasteiger partial charge in [-0.25, -0.2) is 4.79 Å². The van der Waals surface area contributed by atoms with E-state index < -0.39 is 0 Å². The maximum absolute atomic E-state index is 12.3. The van der Waals surface area contributed by atoms with Crippen LogP contribution in [0.15, 0.2) is 18.2 Å². The highest BCUT2D eigenvalue weighted by Gasteiger charge is 2.24. The second kappa shape index (κ2) is 8.06. The number of carbonyl (C=O) groups excluding carboxylic acids is 1. The fourth-order valence-corrected chi connectivity index (χ4v) is 3.13. The van der Waals surface area contributed by atoms with Gasteiger partial charge in [0.2, 0.25) is 0 Å². The lowest BCUT2D eigenvalue weighted by atomic mass is 10.0. The van der Waals surface area contributed by atoms with E-state index in [0.29, 0.717) is 19.2 Å². The zero-order valence-electron chi connectivity index (χ0n) is 14.0. The van der Waals surface area contributed by atoms with Gasteiger partial charge in [0.15, 0.2) is 0 Å². The van der Waals surface area contributed by atoms with Gasteiger partial charge in [-0.2, -0.15) is 0 Å². The number of rotatable bonds is 5. The third-order valence-corrected chi connectivity index (χ3v) is 4.39. The van der Waals surface area contributed by atoms with E-state index in [0.717, 1.165) is 42.7 Å². The summed E-state index contributed by atoms with van der Waals surface area (Å²) in [7, 11) is 0. The van der Waals surface area contributed by atoms with Crippen molar-refractivity contribution in [2.24, 2.45) is 0 Å². The SMILES string of the molecule is CCC1CCCCN1C(=O)NCCOc1c(C)cccc1C. The van der Waals surface area contributed by atoms with Crippen LogP contribution in [0.3, 0.4) is 0 Å². The van der Waals surface area contributed by atoms with Crippen molar-refractivity contribution in [3.05, 3.63) is 29.3 Å². The molecule has 1 fully saturated rings. The normalized spacial score (nSPS) is 18.1. The Morgan fingerprint density at radius 2 is 2.05 bits per heavy atom. The van der Waals surface area contributed by atoms with Crippen molar-refractivity contribution in [2.75, 3.05) is 19.7 Å². The molecule has 1 unspecified atom stereocenters. The summed E-state index contributed by atoms with van der Waals surface area (Å²) in [5.41, 5.74) is 2.27. The molecule has 122 valence electrons. The molecule has 1 N–H and O–H groups in total. The van der Waals surface area contributed by atoms with Crippen LogP contribution in [0.2, 0.25) is 0 Å². The van der Waals surface area contributed by atoms with E-state index in [1.54, 1.807) is 0 Å². The predicted octanol–water partition coefficient (Wildman–Crippen LogP) is 3.66. The van der Waals surface area contributed by atoms with Crippen molar-refractivity contribution in [1.29, 1.82) is 0 Å². The van der Waals surface area contributed by atoms with Gasteiger partial charge in [0.25, 0.3) is 0 Å². The first kappa shape index (κ1) is 16.7. The van der Waals surface area contributed by atoms with Crippen LogP contribution in [0.1, 0.15) is 43.7 Å². The predicted molar refractivity (Wildman–Crippen MR) is 89.4 cm³/mol.